The lowest BCUT2D eigenvalue weighted by Crippen LogP contribution is -2.04. The third-order valence-corrected chi connectivity index (χ3v) is 3.59. The zero-order valence-corrected chi connectivity index (χ0v) is 12.2. The van der Waals surface area contributed by atoms with Crippen molar-refractivity contribution in [1.82, 2.24) is 0 Å². The first-order chi connectivity index (χ1) is 9.88. The number of anilines is 1. The maximum atomic E-state index is 13.8. The Morgan fingerprint density at radius 2 is 1.76 bits per heavy atom. The molecule has 0 aromatic heterocycles. The highest BCUT2D eigenvalue weighted by atomic mass is 19.1. The highest BCUT2D eigenvalue weighted by molar-refractivity contribution is 5.51. The maximum Gasteiger partial charge on any atom is 0.272 e. The van der Waals surface area contributed by atoms with E-state index in [0.29, 0.717) is 6.54 Å². The standard InChI is InChI=1S/C16H17FN2O2/c1-10-6-12(3)13(7-11(10)2)9-18-16-5-4-14(19(20)21)8-15(16)17/h4-8,18H,9H2,1-3H3. The molecule has 0 fully saturated rings. The molecular formula is C16H17FN2O2. The minimum atomic E-state index is -0.620. The van der Waals surface area contributed by atoms with Gasteiger partial charge in [0.05, 0.1) is 16.7 Å². The van der Waals surface area contributed by atoms with Crippen LogP contribution in [0.3, 0.4) is 0 Å². The second-order valence-electron chi connectivity index (χ2n) is 5.14. The lowest BCUT2D eigenvalue weighted by Gasteiger charge is -2.12. The molecule has 0 heterocycles. The highest BCUT2D eigenvalue weighted by Crippen LogP contribution is 2.22. The number of rotatable bonds is 4. The number of non-ortho nitro benzene ring substituents is 1. The Morgan fingerprint density at radius 3 is 2.38 bits per heavy atom. The van der Waals surface area contributed by atoms with Crippen molar-refractivity contribution in [1.29, 1.82) is 0 Å². The molecule has 0 aliphatic heterocycles. The number of nitro groups is 1. The molecule has 0 radical (unpaired) electrons. The van der Waals surface area contributed by atoms with Crippen molar-refractivity contribution >= 4 is 11.4 Å². The van der Waals surface area contributed by atoms with Crippen molar-refractivity contribution in [3.8, 4) is 0 Å². The van der Waals surface area contributed by atoms with Crippen LogP contribution in [0.5, 0.6) is 0 Å². The van der Waals surface area contributed by atoms with Gasteiger partial charge in [-0.05, 0) is 49.1 Å². The van der Waals surface area contributed by atoms with Crippen molar-refractivity contribution in [2.45, 2.75) is 27.3 Å². The van der Waals surface area contributed by atoms with Gasteiger partial charge in [0, 0.05) is 12.6 Å². The van der Waals surface area contributed by atoms with Gasteiger partial charge in [0.2, 0.25) is 0 Å². The van der Waals surface area contributed by atoms with E-state index in [-0.39, 0.29) is 11.4 Å². The molecule has 2 rings (SSSR count). The van der Waals surface area contributed by atoms with Crippen LogP contribution in [0.25, 0.3) is 0 Å². The molecule has 0 unspecified atom stereocenters. The molecule has 2 aromatic carbocycles. The molecule has 0 bridgehead atoms. The van der Waals surface area contributed by atoms with Crippen LogP contribution >= 0.6 is 0 Å². The SMILES string of the molecule is Cc1cc(C)c(CNc2ccc([N+](=O)[O-])cc2F)cc1C. The molecule has 0 atom stereocenters. The summed E-state index contributed by atoms with van der Waals surface area (Å²) in [4.78, 5) is 9.97. The first kappa shape index (κ1) is 15.0. The van der Waals surface area contributed by atoms with Gasteiger partial charge in [0.15, 0.2) is 5.82 Å². The molecule has 0 amide bonds. The minimum Gasteiger partial charge on any atom is -0.379 e. The second kappa shape index (κ2) is 5.91. The van der Waals surface area contributed by atoms with Crippen molar-refractivity contribution in [2.24, 2.45) is 0 Å². The molecule has 4 nitrogen and oxygen atoms in total. The molecule has 0 aliphatic carbocycles. The average molecular weight is 288 g/mol. The van der Waals surface area contributed by atoms with E-state index in [1.165, 1.54) is 23.3 Å². The fourth-order valence-electron chi connectivity index (χ4n) is 2.16. The summed E-state index contributed by atoms with van der Waals surface area (Å²) in [5.74, 6) is -0.620. The zero-order valence-electron chi connectivity index (χ0n) is 12.2. The number of halogens is 1. The quantitative estimate of drug-likeness (QED) is 0.675. The molecule has 0 saturated heterocycles. The van der Waals surface area contributed by atoms with E-state index in [1.54, 1.807) is 0 Å². The number of aryl methyl sites for hydroxylation is 3. The Bertz CT molecular complexity index is 699. The van der Waals surface area contributed by atoms with Crippen molar-refractivity contribution in [3.63, 3.8) is 0 Å². The van der Waals surface area contributed by atoms with Crippen LogP contribution in [-0.4, -0.2) is 4.92 Å². The van der Waals surface area contributed by atoms with Gasteiger partial charge in [-0.1, -0.05) is 12.1 Å². The smallest absolute Gasteiger partial charge is 0.272 e. The highest BCUT2D eigenvalue weighted by Gasteiger charge is 2.11. The van der Waals surface area contributed by atoms with Gasteiger partial charge in [-0.2, -0.15) is 0 Å². The normalized spacial score (nSPS) is 10.5. The van der Waals surface area contributed by atoms with Crippen LogP contribution in [0.15, 0.2) is 30.3 Å². The zero-order chi connectivity index (χ0) is 15.6. The molecule has 0 saturated carbocycles. The predicted octanol–water partition coefficient (Wildman–Crippen LogP) is 4.27. The van der Waals surface area contributed by atoms with Crippen LogP contribution in [0.1, 0.15) is 22.3 Å². The first-order valence-corrected chi connectivity index (χ1v) is 6.63. The summed E-state index contributed by atoms with van der Waals surface area (Å²) in [7, 11) is 0. The summed E-state index contributed by atoms with van der Waals surface area (Å²) in [6.07, 6.45) is 0. The summed E-state index contributed by atoms with van der Waals surface area (Å²) in [5, 5.41) is 13.6. The molecule has 110 valence electrons. The van der Waals surface area contributed by atoms with Gasteiger partial charge in [0.1, 0.15) is 0 Å². The van der Waals surface area contributed by atoms with Crippen LogP contribution in [-0.2, 0) is 6.54 Å². The van der Waals surface area contributed by atoms with Crippen LogP contribution in [0.4, 0.5) is 15.8 Å². The number of nitro benzene ring substituents is 1. The number of nitrogens with one attached hydrogen (secondary N) is 1. The van der Waals surface area contributed by atoms with Crippen molar-refractivity contribution < 1.29 is 9.31 Å². The second-order valence-corrected chi connectivity index (χ2v) is 5.14. The maximum absolute atomic E-state index is 13.8. The molecule has 0 aliphatic rings. The van der Waals surface area contributed by atoms with E-state index in [1.807, 2.05) is 13.8 Å². The predicted molar refractivity (Wildman–Crippen MR) is 81.0 cm³/mol. The first-order valence-electron chi connectivity index (χ1n) is 6.63. The van der Waals surface area contributed by atoms with Gasteiger partial charge < -0.3 is 5.32 Å². The summed E-state index contributed by atoms with van der Waals surface area (Å²) in [6.45, 7) is 6.57. The van der Waals surface area contributed by atoms with E-state index < -0.39 is 10.7 Å². The lowest BCUT2D eigenvalue weighted by molar-refractivity contribution is -0.385. The third kappa shape index (κ3) is 3.37. The molecule has 0 spiro atoms. The van der Waals surface area contributed by atoms with Crippen LogP contribution in [0, 0.1) is 36.7 Å². The summed E-state index contributed by atoms with van der Waals surface area (Å²) < 4.78 is 13.8. The lowest BCUT2D eigenvalue weighted by atomic mass is 10.0. The van der Waals surface area contributed by atoms with E-state index in [9.17, 15) is 14.5 Å². The Labute approximate surface area is 122 Å². The number of benzene rings is 2. The van der Waals surface area contributed by atoms with Crippen molar-refractivity contribution in [2.75, 3.05) is 5.32 Å². The Hall–Kier alpha value is -2.43. The van der Waals surface area contributed by atoms with Gasteiger partial charge in [-0.15, -0.1) is 0 Å². The molecule has 1 N–H and O–H groups in total. The summed E-state index contributed by atoms with van der Waals surface area (Å²) in [5.41, 5.74) is 4.63. The van der Waals surface area contributed by atoms with Crippen molar-refractivity contribution in [3.05, 3.63) is 68.5 Å². The van der Waals surface area contributed by atoms with Gasteiger partial charge in [-0.3, -0.25) is 10.1 Å². The number of hydrogen-bond acceptors (Lipinski definition) is 3. The van der Waals surface area contributed by atoms with E-state index in [4.69, 9.17) is 0 Å². The van der Waals surface area contributed by atoms with E-state index in [2.05, 4.69) is 24.4 Å². The van der Waals surface area contributed by atoms with Gasteiger partial charge in [0.25, 0.3) is 5.69 Å². The summed E-state index contributed by atoms with van der Waals surface area (Å²) in [6, 6.07) is 7.78. The van der Waals surface area contributed by atoms with E-state index in [0.717, 1.165) is 17.2 Å². The fourth-order valence-corrected chi connectivity index (χ4v) is 2.16. The Kier molecular flexibility index (Phi) is 4.21. The average Bonchev–Trinajstić information content (AvgIpc) is 2.42. The van der Waals surface area contributed by atoms with Crippen LogP contribution in [0.2, 0.25) is 0 Å². The molecule has 21 heavy (non-hydrogen) atoms. The monoisotopic (exact) mass is 288 g/mol. The van der Waals surface area contributed by atoms with E-state index >= 15 is 0 Å². The molecule has 5 heteroatoms. The van der Waals surface area contributed by atoms with Crippen LogP contribution < -0.4 is 5.32 Å². The Balaban J connectivity index is 2.17. The topological polar surface area (TPSA) is 55.2 Å². The minimum absolute atomic E-state index is 0.250. The third-order valence-electron chi connectivity index (χ3n) is 3.59. The largest absolute Gasteiger partial charge is 0.379 e. The van der Waals surface area contributed by atoms with Gasteiger partial charge >= 0.3 is 0 Å². The fraction of sp³-hybridized carbons (Fsp3) is 0.250. The Morgan fingerprint density at radius 1 is 1.10 bits per heavy atom. The van der Waals surface area contributed by atoms with Gasteiger partial charge in [-0.25, -0.2) is 4.39 Å². The number of nitrogens with zero attached hydrogens (tertiary/aromatic N) is 1. The summed E-state index contributed by atoms with van der Waals surface area (Å²) >= 11 is 0. The number of hydrogen-bond donors (Lipinski definition) is 1. The molecule has 2 aromatic rings. The molecular weight excluding hydrogens is 271 g/mol.